The second-order valence-electron chi connectivity index (χ2n) is 9.93. The zero-order chi connectivity index (χ0) is 27.0. The number of hydrogen-bond acceptors (Lipinski definition) is 5. The molecule has 1 saturated carbocycles. The highest BCUT2D eigenvalue weighted by Crippen LogP contribution is 2.39. The Balaban J connectivity index is 1.30. The van der Waals surface area contributed by atoms with E-state index in [1.54, 1.807) is 38.3 Å². The number of benzene rings is 2. The number of nitriles is 1. The maximum Gasteiger partial charge on any atom is 0.268 e. The van der Waals surface area contributed by atoms with Crippen LogP contribution in [0.2, 0.25) is 0 Å². The Labute approximate surface area is 218 Å². The third-order valence-corrected chi connectivity index (χ3v) is 7.23. The van der Waals surface area contributed by atoms with Gasteiger partial charge in [-0.2, -0.15) is 5.26 Å². The second kappa shape index (κ2) is 10.2. The van der Waals surface area contributed by atoms with E-state index in [1.165, 1.54) is 6.07 Å². The molecule has 0 unspecified atom stereocenters. The Morgan fingerprint density at radius 1 is 1.21 bits per heavy atom. The van der Waals surface area contributed by atoms with Gasteiger partial charge in [0.25, 0.3) is 5.91 Å². The molecule has 10 heteroatoms. The molecule has 5 rings (SSSR count). The van der Waals surface area contributed by atoms with Crippen LogP contribution >= 0.6 is 0 Å². The van der Waals surface area contributed by atoms with Gasteiger partial charge in [0, 0.05) is 16.5 Å². The summed E-state index contributed by atoms with van der Waals surface area (Å²) in [7, 11) is 1.55. The second-order valence-corrected chi connectivity index (χ2v) is 9.93. The molecule has 1 aromatic heterocycles. The highest BCUT2D eigenvalue weighted by molar-refractivity contribution is 6.04. The van der Waals surface area contributed by atoms with E-state index in [2.05, 4.69) is 20.9 Å². The molecule has 1 aliphatic heterocycles. The summed E-state index contributed by atoms with van der Waals surface area (Å²) >= 11 is 0. The Kier molecular flexibility index (Phi) is 6.76. The first-order chi connectivity index (χ1) is 18.3. The number of ether oxygens (including phenoxy) is 1. The minimum absolute atomic E-state index is 0.0899. The predicted molar refractivity (Wildman–Crippen MR) is 138 cm³/mol. The first-order valence-electron chi connectivity index (χ1n) is 12.6. The van der Waals surface area contributed by atoms with Gasteiger partial charge in [-0.05, 0) is 55.5 Å². The first kappa shape index (κ1) is 25.3. The van der Waals surface area contributed by atoms with Gasteiger partial charge in [-0.3, -0.25) is 14.4 Å². The van der Waals surface area contributed by atoms with E-state index in [-0.39, 0.29) is 17.7 Å². The highest BCUT2D eigenvalue weighted by Gasteiger charge is 2.37. The zero-order valence-electron chi connectivity index (χ0n) is 21.1. The van der Waals surface area contributed by atoms with Crippen molar-refractivity contribution in [3.8, 4) is 11.8 Å². The molecule has 0 bridgehead atoms. The van der Waals surface area contributed by atoms with Crippen molar-refractivity contribution in [2.45, 2.75) is 50.6 Å². The number of nitrogens with zero attached hydrogens (tertiary/aromatic N) is 1. The number of aromatic amines is 1. The number of carbonyl (C=O) groups excluding carboxylic acids is 3. The van der Waals surface area contributed by atoms with Crippen molar-refractivity contribution < 1.29 is 23.5 Å². The molecule has 2 heterocycles. The van der Waals surface area contributed by atoms with Crippen molar-refractivity contribution in [2.24, 2.45) is 5.92 Å². The molecule has 9 nitrogen and oxygen atoms in total. The van der Waals surface area contributed by atoms with Crippen LogP contribution in [0.5, 0.6) is 5.75 Å². The van der Waals surface area contributed by atoms with Gasteiger partial charge in [0.1, 0.15) is 29.3 Å². The quantitative estimate of drug-likeness (QED) is 0.344. The van der Waals surface area contributed by atoms with Gasteiger partial charge in [0.15, 0.2) is 0 Å². The van der Waals surface area contributed by atoms with Crippen LogP contribution in [0.4, 0.5) is 10.1 Å². The lowest BCUT2D eigenvalue weighted by Gasteiger charge is -2.21. The van der Waals surface area contributed by atoms with Gasteiger partial charge in [-0.15, -0.1) is 0 Å². The number of amides is 3. The molecular weight excluding hydrogens is 489 g/mol. The summed E-state index contributed by atoms with van der Waals surface area (Å²) in [6.45, 7) is 1.76. The van der Waals surface area contributed by atoms with Gasteiger partial charge in [-0.25, -0.2) is 4.39 Å². The van der Waals surface area contributed by atoms with Crippen LogP contribution in [-0.2, 0) is 9.59 Å². The monoisotopic (exact) mass is 517 g/mol. The average molecular weight is 518 g/mol. The van der Waals surface area contributed by atoms with Crippen molar-refractivity contribution in [1.29, 1.82) is 5.26 Å². The number of nitrogens with one attached hydrogen (secondary N) is 4. The van der Waals surface area contributed by atoms with Gasteiger partial charge in [0.2, 0.25) is 11.8 Å². The fourth-order valence-corrected chi connectivity index (χ4v) is 5.01. The highest BCUT2D eigenvalue weighted by atomic mass is 19.1. The molecular formula is C28H28FN5O4. The summed E-state index contributed by atoms with van der Waals surface area (Å²) in [6, 6.07) is 10.0. The van der Waals surface area contributed by atoms with Gasteiger partial charge >= 0.3 is 0 Å². The fraction of sp³-hybridized carbons (Fsp3) is 0.357. The van der Waals surface area contributed by atoms with Crippen molar-refractivity contribution in [3.05, 3.63) is 59.0 Å². The van der Waals surface area contributed by atoms with Crippen LogP contribution in [0.3, 0.4) is 0 Å². The Morgan fingerprint density at radius 2 is 2.00 bits per heavy atom. The summed E-state index contributed by atoms with van der Waals surface area (Å²) in [4.78, 5) is 42.0. The van der Waals surface area contributed by atoms with Crippen LogP contribution in [0.15, 0.2) is 36.4 Å². The third kappa shape index (κ3) is 4.92. The zero-order valence-corrected chi connectivity index (χ0v) is 21.1. The maximum absolute atomic E-state index is 14.6. The lowest BCUT2D eigenvalue weighted by Crippen LogP contribution is -2.50. The summed E-state index contributed by atoms with van der Waals surface area (Å²) in [5, 5.41) is 18.7. The third-order valence-electron chi connectivity index (χ3n) is 7.23. The SMILES string of the molecule is COc1cccc2[nH]c(C(=O)N[C@@H](CC3CC3)C(=O)N[C@H](C#N)C[C@H]3C(=O)Nc4c(C)ccc(F)c43)cc12. The van der Waals surface area contributed by atoms with Crippen molar-refractivity contribution in [3.63, 3.8) is 0 Å². The van der Waals surface area contributed by atoms with E-state index in [1.807, 2.05) is 12.1 Å². The van der Waals surface area contributed by atoms with E-state index < -0.39 is 41.5 Å². The number of carbonyl (C=O) groups is 3. The molecule has 2 aliphatic rings. The maximum atomic E-state index is 14.6. The molecule has 0 saturated heterocycles. The van der Waals surface area contributed by atoms with Crippen LogP contribution in [-0.4, -0.2) is 41.9 Å². The van der Waals surface area contributed by atoms with E-state index in [0.29, 0.717) is 23.8 Å². The molecule has 3 aromatic rings. The summed E-state index contributed by atoms with van der Waals surface area (Å²) in [5.74, 6) is -1.92. The molecule has 0 radical (unpaired) electrons. The Morgan fingerprint density at radius 3 is 2.71 bits per heavy atom. The lowest BCUT2D eigenvalue weighted by atomic mass is 9.92. The summed E-state index contributed by atoms with van der Waals surface area (Å²) in [5.41, 5.74) is 2.34. The lowest BCUT2D eigenvalue weighted by molar-refractivity contribution is -0.124. The topological polar surface area (TPSA) is 136 Å². The van der Waals surface area contributed by atoms with Gasteiger partial charge in [-0.1, -0.05) is 25.0 Å². The number of hydrogen-bond donors (Lipinski definition) is 4. The fourth-order valence-electron chi connectivity index (χ4n) is 5.01. The standard InChI is InChI=1S/C28H28FN5O4/c1-14-6-9-19(29)24-18(26(35)34-25(14)24)11-16(13-30)31-27(36)21(10-15-7-8-15)33-28(37)22-12-17-20(32-22)4-3-5-23(17)38-2/h3-6,9,12,15-16,18,21,32H,7-8,10-11H2,1-2H3,(H,31,36)(H,33,37)(H,34,35)/t16-,18+,21-/m0/s1. The number of H-pyrrole nitrogens is 1. The number of halogens is 1. The minimum Gasteiger partial charge on any atom is -0.496 e. The van der Waals surface area contributed by atoms with E-state index in [9.17, 15) is 24.0 Å². The Hall–Kier alpha value is -4.39. The van der Waals surface area contributed by atoms with Crippen molar-refractivity contribution >= 4 is 34.3 Å². The van der Waals surface area contributed by atoms with E-state index in [4.69, 9.17) is 4.74 Å². The molecule has 3 atom stereocenters. The average Bonchev–Trinajstić information content (AvgIpc) is 3.51. The van der Waals surface area contributed by atoms with Gasteiger partial charge < -0.3 is 25.7 Å². The number of anilines is 1. The molecule has 38 heavy (non-hydrogen) atoms. The Bertz CT molecular complexity index is 1470. The largest absolute Gasteiger partial charge is 0.496 e. The number of rotatable bonds is 9. The molecule has 1 fully saturated rings. The number of methoxy groups -OCH3 is 1. The van der Waals surface area contributed by atoms with Crippen LogP contribution < -0.4 is 20.7 Å². The van der Waals surface area contributed by atoms with E-state index in [0.717, 1.165) is 29.3 Å². The molecule has 3 amide bonds. The number of fused-ring (bicyclic) bond motifs is 2. The summed E-state index contributed by atoms with van der Waals surface area (Å²) in [6.07, 6.45) is 2.26. The van der Waals surface area contributed by atoms with Crippen LogP contribution in [0.25, 0.3) is 10.9 Å². The molecule has 2 aromatic carbocycles. The molecule has 1 aliphatic carbocycles. The number of aromatic nitrogens is 1. The molecule has 0 spiro atoms. The van der Waals surface area contributed by atoms with Gasteiger partial charge in [0.05, 0.1) is 24.8 Å². The smallest absolute Gasteiger partial charge is 0.268 e. The normalized spacial score (nSPS) is 17.7. The first-order valence-corrected chi connectivity index (χ1v) is 12.6. The van der Waals surface area contributed by atoms with Crippen LogP contribution in [0.1, 0.15) is 53.2 Å². The van der Waals surface area contributed by atoms with E-state index >= 15 is 0 Å². The van der Waals surface area contributed by atoms with Crippen molar-refractivity contribution in [2.75, 3.05) is 12.4 Å². The van der Waals surface area contributed by atoms with Crippen LogP contribution in [0, 0.1) is 30.0 Å². The number of aryl methyl sites for hydroxylation is 1. The predicted octanol–water partition coefficient (Wildman–Crippen LogP) is 3.66. The molecule has 196 valence electrons. The summed E-state index contributed by atoms with van der Waals surface area (Å²) < 4.78 is 20.0. The molecule has 4 N–H and O–H groups in total. The van der Waals surface area contributed by atoms with Crippen molar-refractivity contribution in [1.82, 2.24) is 15.6 Å². The minimum atomic E-state index is -1.06.